The Morgan fingerprint density at radius 3 is 1.89 bits per heavy atom. The average Bonchev–Trinajstić information content (AvgIpc) is 2.78. The Labute approximate surface area is 199 Å². The molecule has 0 bridgehead atoms. The van der Waals surface area contributed by atoms with Gasteiger partial charge in [0.1, 0.15) is 5.75 Å². The summed E-state index contributed by atoms with van der Waals surface area (Å²) in [6.07, 6.45) is -9.40. The van der Waals surface area contributed by atoms with Gasteiger partial charge in [0.25, 0.3) is 11.8 Å². The molecule has 0 radical (unpaired) electrons. The summed E-state index contributed by atoms with van der Waals surface area (Å²) in [6.45, 7) is 0. The minimum Gasteiger partial charge on any atom is -0.496 e. The van der Waals surface area contributed by atoms with Crippen molar-refractivity contribution in [1.29, 1.82) is 0 Å². The predicted octanol–water partition coefficient (Wildman–Crippen LogP) is 6.89. The molecule has 12 heteroatoms. The highest BCUT2D eigenvalue weighted by atomic mass is 35.5. The first-order chi connectivity index (χ1) is 16.3. The van der Waals surface area contributed by atoms with Crippen molar-refractivity contribution in [2.45, 2.75) is 12.4 Å². The van der Waals surface area contributed by atoms with E-state index in [0.29, 0.717) is 24.3 Å². The minimum atomic E-state index is -4.77. The quantitative estimate of drug-likeness (QED) is 0.363. The van der Waals surface area contributed by atoms with Gasteiger partial charge < -0.3 is 15.4 Å². The standard InChI is InChI=1S/C23H15ClF6N2O3/c1-35-19-11-15(24)7-8-16(19)21(34)31-17-9-6-14(23(28,29)30)10-18(17)32-20(33)12-2-4-13(5-3-12)22(25,26)27/h2-11H,1H3,(H,31,34)(H,32,33). The fourth-order valence-electron chi connectivity index (χ4n) is 2.98. The maximum absolute atomic E-state index is 13.2. The van der Waals surface area contributed by atoms with Crippen LogP contribution in [-0.2, 0) is 12.4 Å². The van der Waals surface area contributed by atoms with Crippen LogP contribution in [0.1, 0.15) is 31.8 Å². The maximum Gasteiger partial charge on any atom is 0.416 e. The molecule has 0 aliphatic carbocycles. The first kappa shape index (κ1) is 25.9. The summed E-state index contributed by atoms with van der Waals surface area (Å²) in [5.74, 6) is -1.67. The molecule has 0 aromatic heterocycles. The molecule has 3 aromatic rings. The zero-order valence-corrected chi connectivity index (χ0v) is 18.4. The maximum atomic E-state index is 13.2. The molecule has 2 amide bonds. The van der Waals surface area contributed by atoms with Crippen molar-refractivity contribution in [2.75, 3.05) is 17.7 Å². The largest absolute Gasteiger partial charge is 0.496 e. The van der Waals surface area contributed by atoms with Crippen LogP contribution in [0.15, 0.2) is 60.7 Å². The molecular weight excluding hydrogens is 502 g/mol. The van der Waals surface area contributed by atoms with E-state index in [1.807, 2.05) is 0 Å². The fourth-order valence-corrected chi connectivity index (χ4v) is 3.14. The molecule has 2 N–H and O–H groups in total. The van der Waals surface area contributed by atoms with E-state index in [1.54, 1.807) is 0 Å². The topological polar surface area (TPSA) is 67.4 Å². The molecule has 0 heterocycles. The molecule has 0 aliphatic rings. The van der Waals surface area contributed by atoms with E-state index in [-0.39, 0.29) is 27.6 Å². The number of carbonyl (C=O) groups is 2. The van der Waals surface area contributed by atoms with Crippen LogP contribution >= 0.6 is 11.6 Å². The summed E-state index contributed by atoms with van der Waals surface area (Å²) in [5.41, 5.74) is -2.98. The van der Waals surface area contributed by atoms with Gasteiger partial charge in [-0.2, -0.15) is 26.3 Å². The number of ether oxygens (including phenoxy) is 1. The van der Waals surface area contributed by atoms with E-state index in [1.165, 1.54) is 25.3 Å². The fraction of sp³-hybridized carbons (Fsp3) is 0.130. The van der Waals surface area contributed by atoms with Crippen molar-refractivity contribution in [3.63, 3.8) is 0 Å². The van der Waals surface area contributed by atoms with Gasteiger partial charge in [-0.1, -0.05) is 11.6 Å². The van der Waals surface area contributed by atoms with Crippen molar-refractivity contribution in [3.05, 3.63) is 87.9 Å². The van der Waals surface area contributed by atoms with E-state index in [4.69, 9.17) is 16.3 Å². The Balaban J connectivity index is 1.93. The summed E-state index contributed by atoms with van der Waals surface area (Å²) in [5, 5.41) is 4.87. The lowest BCUT2D eigenvalue weighted by molar-refractivity contribution is -0.138. The Morgan fingerprint density at radius 1 is 0.743 bits per heavy atom. The second-order valence-electron chi connectivity index (χ2n) is 7.09. The van der Waals surface area contributed by atoms with E-state index in [2.05, 4.69) is 10.6 Å². The molecule has 35 heavy (non-hydrogen) atoms. The summed E-state index contributed by atoms with van der Waals surface area (Å²) < 4.78 is 83.1. The Kier molecular flexibility index (Phi) is 7.30. The predicted molar refractivity (Wildman–Crippen MR) is 117 cm³/mol. The number of methoxy groups -OCH3 is 1. The smallest absolute Gasteiger partial charge is 0.416 e. The molecule has 5 nitrogen and oxygen atoms in total. The van der Waals surface area contributed by atoms with Crippen LogP contribution in [0.5, 0.6) is 5.75 Å². The normalized spacial score (nSPS) is 11.7. The Morgan fingerprint density at radius 2 is 1.31 bits per heavy atom. The first-order valence-electron chi connectivity index (χ1n) is 9.64. The lowest BCUT2D eigenvalue weighted by Gasteiger charge is -2.16. The van der Waals surface area contributed by atoms with E-state index < -0.39 is 41.0 Å². The highest BCUT2D eigenvalue weighted by molar-refractivity contribution is 6.31. The average molecular weight is 517 g/mol. The third-order valence-electron chi connectivity index (χ3n) is 4.73. The van der Waals surface area contributed by atoms with Gasteiger partial charge in [0.05, 0.1) is 35.2 Å². The van der Waals surface area contributed by atoms with E-state index in [0.717, 1.165) is 18.2 Å². The van der Waals surface area contributed by atoms with Gasteiger partial charge in [0.15, 0.2) is 0 Å². The van der Waals surface area contributed by atoms with Crippen molar-refractivity contribution in [3.8, 4) is 5.75 Å². The third-order valence-corrected chi connectivity index (χ3v) is 4.96. The van der Waals surface area contributed by atoms with Crippen molar-refractivity contribution < 1.29 is 40.7 Å². The number of hydrogen-bond acceptors (Lipinski definition) is 3. The number of hydrogen-bond donors (Lipinski definition) is 2. The SMILES string of the molecule is COc1cc(Cl)ccc1C(=O)Nc1ccc(C(F)(F)F)cc1NC(=O)c1ccc(C(F)(F)F)cc1. The molecule has 0 saturated heterocycles. The van der Waals surface area contributed by atoms with Crippen LogP contribution < -0.4 is 15.4 Å². The number of carbonyl (C=O) groups excluding carboxylic acids is 2. The molecular formula is C23H15ClF6N2O3. The molecule has 0 spiro atoms. The van der Waals surface area contributed by atoms with Crippen LogP contribution in [0, 0.1) is 0 Å². The zero-order valence-electron chi connectivity index (χ0n) is 17.6. The molecule has 3 aromatic carbocycles. The van der Waals surface area contributed by atoms with Gasteiger partial charge >= 0.3 is 12.4 Å². The number of halogens is 7. The highest BCUT2D eigenvalue weighted by Gasteiger charge is 2.32. The van der Waals surface area contributed by atoms with E-state index in [9.17, 15) is 35.9 Å². The number of anilines is 2. The second-order valence-corrected chi connectivity index (χ2v) is 7.52. The molecule has 0 saturated carbocycles. The van der Waals surface area contributed by atoms with Gasteiger partial charge in [-0.15, -0.1) is 0 Å². The van der Waals surface area contributed by atoms with Gasteiger partial charge in [0, 0.05) is 10.6 Å². The third kappa shape index (κ3) is 6.24. The lowest BCUT2D eigenvalue weighted by atomic mass is 10.1. The minimum absolute atomic E-state index is 0.0109. The molecule has 184 valence electrons. The van der Waals surface area contributed by atoms with E-state index >= 15 is 0 Å². The highest BCUT2D eigenvalue weighted by Crippen LogP contribution is 2.35. The van der Waals surface area contributed by atoms with Gasteiger partial charge in [-0.25, -0.2) is 0 Å². The van der Waals surface area contributed by atoms with Crippen LogP contribution in [0.4, 0.5) is 37.7 Å². The zero-order chi connectivity index (χ0) is 26.0. The lowest BCUT2D eigenvalue weighted by Crippen LogP contribution is -2.18. The van der Waals surface area contributed by atoms with Gasteiger partial charge in [-0.05, 0) is 60.7 Å². The summed E-state index contributed by atoms with van der Waals surface area (Å²) >= 11 is 5.87. The van der Waals surface area contributed by atoms with Gasteiger partial charge in [0.2, 0.25) is 0 Å². The van der Waals surface area contributed by atoms with Crippen LogP contribution in [0.25, 0.3) is 0 Å². The van der Waals surface area contributed by atoms with Crippen LogP contribution in [0.2, 0.25) is 5.02 Å². The first-order valence-corrected chi connectivity index (χ1v) is 10.0. The molecule has 0 atom stereocenters. The van der Waals surface area contributed by atoms with Crippen LogP contribution in [-0.4, -0.2) is 18.9 Å². The van der Waals surface area contributed by atoms with Gasteiger partial charge in [-0.3, -0.25) is 9.59 Å². The number of benzene rings is 3. The second kappa shape index (κ2) is 9.87. The van der Waals surface area contributed by atoms with Crippen molar-refractivity contribution >= 4 is 34.8 Å². The number of nitrogens with one attached hydrogen (secondary N) is 2. The Hall–Kier alpha value is -3.73. The van der Waals surface area contributed by atoms with Crippen molar-refractivity contribution in [2.24, 2.45) is 0 Å². The summed E-state index contributed by atoms with van der Waals surface area (Å²) in [7, 11) is 1.29. The number of alkyl halides is 6. The summed E-state index contributed by atoms with van der Waals surface area (Å²) in [4.78, 5) is 25.3. The number of amides is 2. The molecule has 0 unspecified atom stereocenters. The molecule has 3 rings (SSSR count). The molecule has 0 fully saturated rings. The Bertz CT molecular complexity index is 1260. The van der Waals surface area contributed by atoms with Crippen molar-refractivity contribution in [1.82, 2.24) is 0 Å². The monoisotopic (exact) mass is 516 g/mol. The number of rotatable bonds is 5. The summed E-state index contributed by atoms with van der Waals surface area (Å²) in [6, 6.07) is 9.40. The van der Waals surface area contributed by atoms with Crippen LogP contribution in [0.3, 0.4) is 0 Å². The molecule has 0 aliphatic heterocycles.